The molecule has 0 saturated carbocycles. The summed E-state index contributed by atoms with van der Waals surface area (Å²) < 4.78 is 0. The van der Waals surface area contributed by atoms with Crippen LogP contribution in [0.25, 0.3) is 0 Å². The van der Waals surface area contributed by atoms with Gasteiger partial charge >= 0.3 is 0 Å². The molecule has 5 nitrogen and oxygen atoms in total. The zero-order chi connectivity index (χ0) is 13.7. The Hall–Kier alpha value is -1.23. The lowest BCUT2D eigenvalue weighted by atomic mass is 9.99. The van der Waals surface area contributed by atoms with Crippen molar-refractivity contribution < 1.29 is 0 Å². The Kier molecular flexibility index (Phi) is 5.07. The standard InChI is InChI=1S/C14H25N5/c1-4-12-13(5-2)17-18-14(16-12)19(3)10-11-7-6-8-15-9-11/h11,15H,4-10H2,1-3H3. The number of anilines is 1. The van der Waals surface area contributed by atoms with Gasteiger partial charge in [0.05, 0.1) is 11.4 Å². The van der Waals surface area contributed by atoms with Crippen molar-refractivity contribution in [3.05, 3.63) is 11.4 Å². The SMILES string of the molecule is CCc1nnc(N(C)CC2CCCNC2)nc1CC. The molecule has 5 heteroatoms. The summed E-state index contributed by atoms with van der Waals surface area (Å²) in [5.74, 6) is 1.46. The number of hydrogen-bond donors (Lipinski definition) is 1. The third-order valence-corrected chi connectivity index (χ3v) is 3.77. The van der Waals surface area contributed by atoms with E-state index in [1.54, 1.807) is 0 Å². The fourth-order valence-electron chi connectivity index (χ4n) is 2.64. The average Bonchev–Trinajstić information content (AvgIpc) is 2.47. The van der Waals surface area contributed by atoms with E-state index < -0.39 is 0 Å². The molecule has 1 aliphatic heterocycles. The second-order valence-electron chi connectivity index (χ2n) is 5.31. The monoisotopic (exact) mass is 263 g/mol. The summed E-state index contributed by atoms with van der Waals surface area (Å²) in [6, 6.07) is 0. The van der Waals surface area contributed by atoms with Crippen molar-refractivity contribution >= 4 is 5.95 Å². The topological polar surface area (TPSA) is 53.9 Å². The minimum atomic E-state index is 0.693. The molecule has 2 rings (SSSR count). The lowest BCUT2D eigenvalue weighted by Crippen LogP contribution is -2.37. The molecular formula is C14H25N5. The van der Waals surface area contributed by atoms with Crippen LogP contribution < -0.4 is 10.2 Å². The molecule has 0 amide bonds. The van der Waals surface area contributed by atoms with Crippen LogP contribution in [-0.2, 0) is 12.8 Å². The molecule has 1 aromatic rings. The summed E-state index contributed by atoms with van der Waals surface area (Å²) in [4.78, 5) is 6.80. The van der Waals surface area contributed by atoms with Crippen molar-refractivity contribution in [1.82, 2.24) is 20.5 Å². The third-order valence-electron chi connectivity index (χ3n) is 3.77. The molecule has 2 heterocycles. The molecule has 0 aromatic carbocycles. The van der Waals surface area contributed by atoms with Crippen molar-refractivity contribution in [2.24, 2.45) is 5.92 Å². The summed E-state index contributed by atoms with van der Waals surface area (Å²) in [6.45, 7) is 7.48. The fraction of sp³-hybridized carbons (Fsp3) is 0.786. The van der Waals surface area contributed by atoms with Gasteiger partial charge in [0, 0.05) is 13.6 Å². The Morgan fingerprint density at radius 1 is 1.21 bits per heavy atom. The van der Waals surface area contributed by atoms with Crippen LogP contribution in [0.4, 0.5) is 5.95 Å². The van der Waals surface area contributed by atoms with Gasteiger partial charge in [-0.1, -0.05) is 13.8 Å². The number of aromatic nitrogens is 3. The summed E-state index contributed by atoms with van der Waals surface area (Å²) in [5, 5.41) is 12.0. The van der Waals surface area contributed by atoms with Gasteiger partial charge in [-0.2, -0.15) is 5.10 Å². The van der Waals surface area contributed by atoms with Crippen LogP contribution in [0.3, 0.4) is 0 Å². The lowest BCUT2D eigenvalue weighted by molar-refractivity contribution is 0.379. The van der Waals surface area contributed by atoms with Gasteiger partial charge in [0.15, 0.2) is 0 Å². The van der Waals surface area contributed by atoms with Gasteiger partial charge in [-0.05, 0) is 44.7 Å². The molecule has 19 heavy (non-hydrogen) atoms. The normalized spacial score (nSPS) is 19.4. The lowest BCUT2D eigenvalue weighted by Gasteiger charge is -2.27. The largest absolute Gasteiger partial charge is 0.342 e. The van der Waals surface area contributed by atoms with Crippen molar-refractivity contribution in [3.63, 3.8) is 0 Å². The van der Waals surface area contributed by atoms with E-state index in [0.29, 0.717) is 5.92 Å². The van der Waals surface area contributed by atoms with Gasteiger partial charge in [-0.3, -0.25) is 0 Å². The maximum Gasteiger partial charge on any atom is 0.245 e. The van der Waals surface area contributed by atoms with Gasteiger partial charge < -0.3 is 10.2 Å². The summed E-state index contributed by atoms with van der Waals surface area (Å²) >= 11 is 0. The molecule has 1 unspecified atom stereocenters. The number of hydrogen-bond acceptors (Lipinski definition) is 5. The molecule has 106 valence electrons. The zero-order valence-corrected chi connectivity index (χ0v) is 12.3. The molecule has 0 spiro atoms. The Balaban J connectivity index is 2.03. The summed E-state index contributed by atoms with van der Waals surface area (Å²) in [6.07, 6.45) is 4.38. The third kappa shape index (κ3) is 3.62. The predicted molar refractivity (Wildman–Crippen MR) is 77.4 cm³/mol. The molecule has 1 aliphatic rings. The quantitative estimate of drug-likeness (QED) is 0.871. The van der Waals surface area contributed by atoms with E-state index in [9.17, 15) is 0 Å². The van der Waals surface area contributed by atoms with Crippen molar-refractivity contribution in [1.29, 1.82) is 0 Å². The summed E-state index contributed by atoms with van der Waals surface area (Å²) in [7, 11) is 2.07. The van der Waals surface area contributed by atoms with E-state index in [1.165, 1.54) is 12.8 Å². The maximum absolute atomic E-state index is 4.66. The molecule has 1 N–H and O–H groups in total. The van der Waals surface area contributed by atoms with Crippen LogP contribution in [-0.4, -0.2) is 41.9 Å². The van der Waals surface area contributed by atoms with E-state index >= 15 is 0 Å². The number of nitrogens with zero attached hydrogens (tertiary/aromatic N) is 4. The van der Waals surface area contributed by atoms with E-state index in [-0.39, 0.29) is 0 Å². The second kappa shape index (κ2) is 6.80. The molecular weight excluding hydrogens is 238 g/mol. The van der Waals surface area contributed by atoms with Gasteiger partial charge in [-0.25, -0.2) is 4.98 Å². The molecule has 0 bridgehead atoms. The van der Waals surface area contributed by atoms with E-state index in [4.69, 9.17) is 0 Å². The highest BCUT2D eigenvalue weighted by Gasteiger charge is 2.17. The molecule has 1 atom stereocenters. The van der Waals surface area contributed by atoms with Gasteiger partial charge in [0.1, 0.15) is 0 Å². The van der Waals surface area contributed by atoms with Gasteiger partial charge in [0.25, 0.3) is 0 Å². The minimum Gasteiger partial charge on any atom is -0.342 e. The molecule has 1 aromatic heterocycles. The number of nitrogens with one attached hydrogen (secondary N) is 1. The molecule has 1 fully saturated rings. The zero-order valence-electron chi connectivity index (χ0n) is 12.3. The molecule has 0 radical (unpaired) electrons. The first-order valence-corrected chi connectivity index (χ1v) is 7.38. The smallest absolute Gasteiger partial charge is 0.245 e. The van der Waals surface area contributed by atoms with Crippen molar-refractivity contribution in [2.45, 2.75) is 39.5 Å². The number of aryl methyl sites for hydroxylation is 2. The average molecular weight is 263 g/mol. The summed E-state index contributed by atoms with van der Waals surface area (Å²) in [5.41, 5.74) is 2.11. The predicted octanol–water partition coefficient (Wildman–Crippen LogP) is 1.43. The highest BCUT2D eigenvalue weighted by atomic mass is 15.3. The molecule has 1 saturated heterocycles. The maximum atomic E-state index is 4.66. The van der Waals surface area contributed by atoms with E-state index in [0.717, 1.165) is 49.8 Å². The highest BCUT2D eigenvalue weighted by molar-refractivity contribution is 5.29. The Labute approximate surface area is 115 Å². The van der Waals surface area contributed by atoms with Crippen LogP contribution >= 0.6 is 0 Å². The second-order valence-corrected chi connectivity index (χ2v) is 5.31. The Morgan fingerprint density at radius 2 is 2.00 bits per heavy atom. The number of rotatable bonds is 5. The van der Waals surface area contributed by atoms with Crippen LogP contribution in [0.2, 0.25) is 0 Å². The number of piperidine rings is 1. The Bertz CT molecular complexity index is 401. The fourth-order valence-corrected chi connectivity index (χ4v) is 2.64. The van der Waals surface area contributed by atoms with Crippen molar-refractivity contribution in [3.8, 4) is 0 Å². The Morgan fingerprint density at radius 3 is 2.63 bits per heavy atom. The van der Waals surface area contributed by atoms with E-state index in [1.807, 2.05) is 0 Å². The minimum absolute atomic E-state index is 0.693. The molecule has 0 aliphatic carbocycles. The first kappa shape index (κ1) is 14.2. The van der Waals surface area contributed by atoms with Crippen LogP contribution in [0.15, 0.2) is 0 Å². The van der Waals surface area contributed by atoms with Crippen LogP contribution in [0.1, 0.15) is 38.1 Å². The first-order chi connectivity index (χ1) is 9.24. The van der Waals surface area contributed by atoms with Crippen LogP contribution in [0.5, 0.6) is 0 Å². The van der Waals surface area contributed by atoms with Crippen LogP contribution in [0, 0.1) is 5.92 Å². The van der Waals surface area contributed by atoms with Gasteiger partial charge in [-0.15, -0.1) is 5.10 Å². The van der Waals surface area contributed by atoms with Gasteiger partial charge in [0.2, 0.25) is 5.95 Å². The first-order valence-electron chi connectivity index (χ1n) is 7.38. The highest BCUT2D eigenvalue weighted by Crippen LogP contribution is 2.15. The van der Waals surface area contributed by atoms with E-state index in [2.05, 4.69) is 46.3 Å². The van der Waals surface area contributed by atoms with Crippen molar-refractivity contribution in [2.75, 3.05) is 31.6 Å².